The number of thiazole rings is 1. The summed E-state index contributed by atoms with van der Waals surface area (Å²) in [4.78, 5) is 31.5. The highest BCUT2D eigenvalue weighted by Gasteiger charge is 2.32. The smallest absolute Gasteiger partial charge is 0.271 e. The van der Waals surface area contributed by atoms with Gasteiger partial charge < -0.3 is 14.2 Å². The summed E-state index contributed by atoms with van der Waals surface area (Å²) in [5.41, 5.74) is 2.26. The molecule has 0 bridgehead atoms. The number of carbonyl (C=O) groups excluding carboxylic acids is 1. The van der Waals surface area contributed by atoms with Crippen molar-refractivity contribution in [2.45, 2.75) is 19.9 Å². The number of aromatic nitrogens is 1. The van der Waals surface area contributed by atoms with Gasteiger partial charge in [0, 0.05) is 28.5 Å². The SMILES string of the molecule is COc1ccc([C@@H]2C(C(C)=O)=C(C)N=c3s/c(=C/c4ccccc4OC)c(=O)n32)c(OC)c1. The van der Waals surface area contributed by atoms with Gasteiger partial charge in [-0.15, -0.1) is 0 Å². The van der Waals surface area contributed by atoms with E-state index < -0.39 is 6.04 Å². The van der Waals surface area contributed by atoms with Crippen molar-refractivity contribution in [3.05, 3.63) is 84.5 Å². The third-order valence-corrected chi connectivity index (χ3v) is 6.54. The summed E-state index contributed by atoms with van der Waals surface area (Å²) >= 11 is 1.27. The van der Waals surface area contributed by atoms with Crippen molar-refractivity contribution in [1.82, 2.24) is 4.57 Å². The molecular weight excluding hydrogens is 440 g/mol. The predicted molar refractivity (Wildman–Crippen MR) is 127 cm³/mol. The lowest BCUT2D eigenvalue weighted by Crippen LogP contribution is -2.39. The standard InChI is InChI=1S/C25H24N2O5S/c1-14-22(15(2)28)23(18-11-10-17(30-3)13-20(18)32-5)27-24(29)21(33-25(27)26-14)12-16-8-6-7-9-19(16)31-4/h6-13,23H,1-5H3/b21-12+/t23-/m1/s1. The first-order chi connectivity index (χ1) is 15.9. The van der Waals surface area contributed by atoms with E-state index in [2.05, 4.69) is 4.99 Å². The summed E-state index contributed by atoms with van der Waals surface area (Å²) in [6.07, 6.45) is 1.79. The van der Waals surface area contributed by atoms with E-state index in [0.29, 0.717) is 43.4 Å². The summed E-state index contributed by atoms with van der Waals surface area (Å²) in [7, 11) is 4.71. The Morgan fingerprint density at radius 3 is 2.45 bits per heavy atom. The Balaban J connectivity index is 2.01. The number of ether oxygens (including phenoxy) is 3. The summed E-state index contributed by atoms with van der Waals surface area (Å²) < 4.78 is 18.4. The molecule has 2 heterocycles. The number of fused-ring (bicyclic) bond motifs is 1. The first-order valence-electron chi connectivity index (χ1n) is 10.3. The largest absolute Gasteiger partial charge is 0.497 e. The molecule has 1 aliphatic heterocycles. The minimum Gasteiger partial charge on any atom is -0.497 e. The van der Waals surface area contributed by atoms with Gasteiger partial charge in [-0.1, -0.05) is 29.5 Å². The van der Waals surface area contributed by atoms with Crippen molar-refractivity contribution >= 4 is 23.2 Å². The zero-order valence-electron chi connectivity index (χ0n) is 19.0. The van der Waals surface area contributed by atoms with E-state index in [1.165, 1.54) is 18.3 Å². The summed E-state index contributed by atoms with van der Waals surface area (Å²) in [6.45, 7) is 3.28. The topological polar surface area (TPSA) is 79.1 Å². The van der Waals surface area contributed by atoms with Gasteiger partial charge in [-0.2, -0.15) is 0 Å². The molecule has 0 unspecified atom stereocenters. The Kier molecular flexibility index (Phi) is 6.20. The first-order valence-corrected chi connectivity index (χ1v) is 11.1. The van der Waals surface area contributed by atoms with Crippen LogP contribution in [0.3, 0.4) is 0 Å². The number of allylic oxidation sites excluding steroid dienone is 2. The maximum absolute atomic E-state index is 13.6. The van der Waals surface area contributed by atoms with Crippen LogP contribution in [0.2, 0.25) is 0 Å². The molecule has 3 aromatic rings. The van der Waals surface area contributed by atoms with Crippen LogP contribution in [0, 0.1) is 0 Å². The lowest BCUT2D eigenvalue weighted by Gasteiger charge is -2.26. The fourth-order valence-electron chi connectivity index (χ4n) is 4.04. The third-order valence-electron chi connectivity index (χ3n) is 5.56. The first kappa shape index (κ1) is 22.5. The molecular formula is C25H24N2O5S. The van der Waals surface area contributed by atoms with Crippen LogP contribution < -0.4 is 29.1 Å². The van der Waals surface area contributed by atoms with Crippen molar-refractivity contribution in [2.75, 3.05) is 21.3 Å². The molecule has 1 aromatic heterocycles. The van der Waals surface area contributed by atoms with Crippen molar-refractivity contribution < 1.29 is 19.0 Å². The molecule has 33 heavy (non-hydrogen) atoms. The molecule has 7 nitrogen and oxygen atoms in total. The van der Waals surface area contributed by atoms with E-state index >= 15 is 0 Å². The fourth-order valence-corrected chi connectivity index (χ4v) is 5.07. The minimum atomic E-state index is -0.667. The molecule has 0 fully saturated rings. The van der Waals surface area contributed by atoms with Gasteiger partial charge in [0.2, 0.25) is 0 Å². The van der Waals surface area contributed by atoms with Gasteiger partial charge in [0.05, 0.1) is 31.9 Å². The number of para-hydroxylation sites is 1. The quantitative estimate of drug-likeness (QED) is 0.561. The molecule has 0 amide bonds. The molecule has 0 saturated heterocycles. The zero-order valence-corrected chi connectivity index (χ0v) is 19.9. The van der Waals surface area contributed by atoms with Gasteiger partial charge in [0.1, 0.15) is 17.2 Å². The van der Waals surface area contributed by atoms with Crippen molar-refractivity contribution in [3.63, 3.8) is 0 Å². The van der Waals surface area contributed by atoms with Crippen LogP contribution in [0.15, 0.2) is 63.5 Å². The van der Waals surface area contributed by atoms with Gasteiger partial charge in [-0.3, -0.25) is 14.2 Å². The minimum absolute atomic E-state index is 0.155. The van der Waals surface area contributed by atoms with Crippen LogP contribution in [-0.2, 0) is 4.79 Å². The second-order valence-electron chi connectivity index (χ2n) is 7.49. The van der Waals surface area contributed by atoms with E-state index in [4.69, 9.17) is 14.2 Å². The predicted octanol–water partition coefficient (Wildman–Crippen LogP) is 2.85. The summed E-state index contributed by atoms with van der Waals surface area (Å²) in [5, 5.41) is 0. The Bertz CT molecular complexity index is 1450. The second-order valence-corrected chi connectivity index (χ2v) is 8.50. The molecule has 0 spiro atoms. The van der Waals surface area contributed by atoms with Crippen LogP contribution in [0.25, 0.3) is 6.08 Å². The monoisotopic (exact) mass is 464 g/mol. The third kappa shape index (κ3) is 3.98. The highest BCUT2D eigenvalue weighted by molar-refractivity contribution is 7.07. The van der Waals surface area contributed by atoms with E-state index in [1.807, 2.05) is 30.3 Å². The van der Waals surface area contributed by atoms with E-state index in [0.717, 1.165) is 5.56 Å². The molecule has 2 aromatic carbocycles. The molecule has 4 rings (SSSR count). The maximum Gasteiger partial charge on any atom is 0.271 e. The van der Waals surface area contributed by atoms with Crippen LogP contribution in [0.1, 0.15) is 31.0 Å². The van der Waals surface area contributed by atoms with Gasteiger partial charge in [-0.25, -0.2) is 4.99 Å². The summed E-state index contributed by atoms with van der Waals surface area (Å²) in [6, 6.07) is 12.2. The number of ketones is 1. The molecule has 0 saturated carbocycles. The van der Waals surface area contributed by atoms with Crippen LogP contribution in [0.5, 0.6) is 17.2 Å². The summed E-state index contributed by atoms with van der Waals surface area (Å²) in [5.74, 6) is 1.65. The van der Waals surface area contributed by atoms with Crippen LogP contribution >= 0.6 is 11.3 Å². The van der Waals surface area contributed by atoms with E-state index in [1.54, 1.807) is 51.0 Å². The molecule has 1 atom stereocenters. The van der Waals surface area contributed by atoms with Gasteiger partial charge >= 0.3 is 0 Å². The lowest BCUT2D eigenvalue weighted by molar-refractivity contribution is -0.114. The number of rotatable bonds is 6. The Labute approximate surface area is 194 Å². The zero-order chi connectivity index (χ0) is 23.7. The van der Waals surface area contributed by atoms with Gasteiger partial charge in [0.15, 0.2) is 10.6 Å². The lowest BCUT2D eigenvalue weighted by atomic mass is 9.92. The fraction of sp³-hybridized carbons (Fsp3) is 0.240. The average Bonchev–Trinajstić information content (AvgIpc) is 3.12. The molecule has 0 N–H and O–H groups in total. The van der Waals surface area contributed by atoms with Gasteiger partial charge in [-0.05, 0) is 38.1 Å². The van der Waals surface area contributed by atoms with Gasteiger partial charge in [0.25, 0.3) is 5.56 Å². The van der Waals surface area contributed by atoms with Crippen molar-refractivity contribution in [1.29, 1.82) is 0 Å². The molecule has 8 heteroatoms. The van der Waals surface area contributed by atoms with Crippen molar-refractivity contribution in [2.24, 2.45) is 4.99 Å². The Morgan fingerprint density at radius 1 is 1.06 bits per heavy atom. The normalized spacial score (nSPS) is 15.7. The molecule has 170 valence electrons. The second kappa shape index (κ2) is 9.07. The van der Waals surface area contributed by atoms with E-state index in [-0.39, 0.29) is 11.3 Å². The number of carbonyl (C=O) groups is 1. The number of benzene rings is 2. The van der Waals surface area contributed by atoms with Crippen LogP contribution in [0.4, 0.5) is 0 Å². The highest BCUT2D eigenvalue weighted by Crippen LogP contribution is 2.37. The number of nitrogens with zero attached hydrogens (tertiary/aromatic N) is 2. The maximum atomic E-state index is 13.6. The average molecular weight is 465 g/mol. The number of hydrogen-bond acceptors (Lipinski definition) is 7. The molecule has 0 radical (unpaired) electrons. The number of methoxy groups -OCH3 is 3. The van der Waals surface area contributed by atoms with Crippen LogP contribution in [-0.4, -0.2) is 31.7 Å². The number of Topliss-reactive ketones (excluding diaryl/α,β-unsaturated/α-hetero) is 1. The van der Waals surface area contributed by atoms with E-state index in [9.17, 15) is 9.59 Å². The molecule has 0 aliphatic carbocycles. The highest BCUT2D eigenvalue weighted by atomic mass is 32.1. The molecule has 1 aliphatic rings. The Morgan fingerprint density at radius 2 is 1.79 bits per heavy atom. The Hall–Kier alpha value is -3.65. The van der Waals surface area contributed by atoms with Crippen molar-refractivity contribution in [3.8, 4) is 17.2 Å². The number of hydrogen-bond donors (Lipinski definition) is 0.